The van der Waals surface area contributed by atoms with E-state index in [1.165, 1.54) is 56.7 Å². The molecule has 3 aromatic carbocycles. The second-order valence-corrected chi connectivity index (χ2v) is 7.55. The van der Waals surface area contributed by atoms with Gasteiger partial charge in [-0.25, -0.2) is 4.79 Å². The molecule has 0 bridgehead atoms. The molecule has 0 N–H and O–H groups in total. The predicted octanol–water partition coefficient (Wildman–Crippen LogP) is 6.24. The Kier molecular flexibility index (Phi) is 7.19. The second kappa shape index (κ2) is 10.5. The van der Waals surface area contributed by atoms with Gasteiger partial charge < -0.3 is 23.4 Å². The van der Waals surface area contributed by atoms with Crippen LogP contribution in [0, 0.1) is 0 Å². The summed E-state index contributed by atoms with van der Waals surface area (Å²) in [5, 5.41) is -0.190. The Hall–Kier alpha value is -4.73. The van der Waals surface area contributed by atoms with Crippen LogP contribution in [0.15, 0.2) is 82.0 Å². The summed E-state index contributed by atoms with van der Waals surface area (Å²) in [7, 11) is 2.96. The number of hydrogen-bond donors (Lipinski definition) is 0. The Bertz CT molecular complexity index is 1500. The molecule has 7 nitrogen and oxygen atoms in total. The van der Waals surface area contributed by atoms with E-state index in [4.69, 9.17) is 23.4 Å². The van der Waals surface area contributed by atoms with Gasteiger partial charge in [0.25, 0.3) is 5.76 Å². The van der Waals surface area contributed by atoms with E-state index in [2.05, 4.69) is 0 Å². The molecule has 0 aliphatic heterocycles. The normalized spacial score (nSPS) is 11.5. The van der Waals surface area contributed by atoms with Crippen LogP contribution in [0.2, 0.25) is 0 Å². The molecule has 0 fully saturated rings. The summed E-state index contributed by atoms with van der Waals surface area (Å²) in [5.74, 6) is -2.46. The molecule has 0 aliphatic rings. The van der Waals surface area contributed by atoms with Crippen molar-refractivity contribution in [1.29, 1.82) is 0 Å². The number of hydrogen-bond acceptors (Lipinski definition) is 7. The number of benzene rings is 3. The summed E-state index contributed by atoms with van der Waals surface area (Å²) >= 11 is 0. The highest BCUT2D eigenvalue weighted by molar-refractivity contribution is 5.89. The smallest absolute Gasteiger partial charge is 0.453 e. The zero-order valence-electron chi connectivity index (χ0n) is 19.5. The van der Waals surface area contributed by atoms with Crippen LogP contribution in [0.5, 0.6) is 28.7 Å². The van der Waals surface area contributed by atoms with Crippen molar-refractivity contribution in [2.24, 2.45) is 0 Å². The molecule has 0 atom stereocenters. The van der Waals surface area contributed by atoms with Crippen molar-refractivity contribution in [1.82, 2.24) is 0 Å². The van der Waals surface area contributed by atoms with Gasteiger partial charge in [0.1, 0.15) is 28.6 Å². The molecule has 4 aromatic rings. The SMILES string of the molecule is COc1ccc(/C=C/C(=O)Oc2ccc3c(=O)c(Oc4ccc(OC)cc4)c(C(F)(F)F)oc3c2)cc1. The van der Waals surface area contributed by atoms with Gasteiger partial charge in [-0.2, -0.15) is 13.2 Å². The molecule has 0 aliphatic carbocycles. The first kappa shape index (κ1) is 25.4. The maximum absolute atomic E-state index is 13.8. The standard InChI is InChI=1S/C27H19F3O7/c1-33-17-6-3-16(4-7-17)5-14-23(31)35-20-12-13-21-22(15-20)37-26(27(28,29)30)25(24(21)32)36-19-10-8-18(34-2)9-11-19/h3-15H,1-2H3/b14-5+. The van der Waals surface area contributed by atoms with Gasteiger partial charge in [0.05, 0.1) is 19.6 Å². The monoisotopic (exact) mass is 512 g/mol. The highest BCUT2D eigenvalue weighted by Gasteiger charge is 2.40. The number of ether oxygens (including phenoxy) is 4. The number of methoxy groups -OCH3 is 2. The van der Waals surface area contributed by atoms with Crippen molar-refractivity contribution in [3.8, 4) is 28.7 Å². The predicted molar refractivity (Wildman–Crippen MR) is 128 cm³/mol. The summed E-state index contributed by atoms with van der Waals surface area (Å²) in [6, 6.07) is 16.0. The molecule has 0 amide bonds. The van der Waals surface area contributed by atoms with Gasteiger partial charge in [0.15, 0.2) is 0 Å². The minimum absolute atomic E-state index is 0.0212. The highest BCUT2D eigenvalue weighted by Crippen LogP contribution is 2.38. The molecule has 190 valence electrons. The molecule has 10 heteroatoms. The lowest BCUT2D eigenvalue weighted by molar-refractivity contribution is -0.154. The maximum atomic E-state index is 13.8. The van der Waals surface area contributed by atoms with Gasteiger partial charge in [-0.05, 0) is 60.2 Å². The number of rotatable bonds is 7. The van der Waals surface area contributed by atoms with Gasteiger partial charge in [-0.3, -0.25) is 4.79 Å². The van der Waals surface area contributed by atoms with Gasteiger partial charge in [0.2, 0.25) is 11.2 Å². The minimum Gasteiger partial charge on any atom is -0.497 e. The lowest BCUT2D eigenvalue weighted by Crippen LogP contribution is -2.15. The van der Waals surface area contributed by atoms with Crippen molar-refractivity contribution in [2.75, 3.05) is 14.2 Å². The third-order valence-corrected chi connectivity index (χ3v) is 5.11. The van der Waals surface area contributed by atoms with Crippen LogP contribution in [0.3, 0.4) is 0 Å². The lowest BCUT2D eigenvalue weighted by atomic mass is 10.2. The largest absolute Gasteiger partial charge is 0.497 e. The molecule has 0 saturated heterocycles. The van der Waals surface area contributed by atoms with Crippen LogP contribution in [0.4, 0.5) is 13.2 Å². The van der Waals surface area contributed by atoms with E-state index < -0.39 is 34.7 Å². The van der Waals surface area contributed by atoms with E-state index in [9.17, 15) is 22.8 Å². The average molecular weight is 512 g/mol. The molecule has 37 heavy (non-hydrogen) atoms. The number of esters is 1. The topological polar surface area (TPSA) is 84.2 Å². The molecular formula is C27H19F3O7. The van der Waals surface area contributed by atoms with Crippen LogP contribution in [0.25, 0.3) is 17.0 Å². The van der Waals surface area contributed by atoms with Gasteiger partial charge in [0, 0.05) is 12.1 Å². The maximum Gasteiger partial charge on any atom is 0.453 e. The van der Waals surface area contributed by atoms with Gasteiger partial charge in [-0.1, -0.05) is 12.1 Å². The van der Waals surface area contributed by atoms with Crippen molar-refractivity contribution in [3.05, 3.63) is 94.4 Å². The van der Waals surface area contributed by atoms with Crippen LogP contribution >= 0.6 is 0 Å². The first-order valence-electron chi connectivity index (χ1n) is 10.7. The quantitative estimate of drug-likeness (QED) is 0.165. The van der Waals surface area contributed by atoms with Crippen LogP contribution in [-0.2, 0) is 11.0 Å². The highest BCUT2D eigenvalue weighted by atomic mass is 19.4. The van der Waals surface area contributed by atoms with Crippen LogP contribution < -0.4 is 24.4 Å². The molecule has 4 rings (SSSR count). The Morgan fingerprint density at radius 2 is 1.41 bits per heavy atom. The fourth-order valence-electron chi connectivity index (χ4n) is 3.29. The summed E-state index contributed by atoms with van der Waals surface area (Å²) in [5.41, 5.74) is -0.771. The molecule has 0 saturated carbocycles. The van der Waals surface area contributed by atoms with Crippen molar-refractivity contribution < 1.29 is 41.3 Å². The first-order chi connectivity index (χ1) is 17.7. The fraction of sp³-hybridized carbons (Fsp3) is 0.111. The number of carbonyl (C=O) groups is 1. The Morgan fingerprint density at radius 1 is 0.838 bits per heavy atom. The Labute approximate surface area is 208 Å². The summed E-state index contributed by atoms with van der Waals surface area (Å²) in [6.45, 7) is 0. The first-order valence-corrected chi connectivity index (χ1v) is 10.7. The second-order valence-electron chi connectivity index (χ2n) is 7.55. The number of fused-ring (bicyclic) bond motifs is 1. The molecule has 1 aromatic heterocycles. The number of carbonyl (C=O) groups excluding carboxylic acids is 1. The van der Waals surface area contributed by atoms with Gasteiger partial charge >= 0.3 is 12.1 Å². The van der Waals surface area contributed by atoms with E-state index >= 15 is 0 Å². The zero-order valence-corrected chi connectivity index (χ0v) is 19.5. The van der Waals surface area contributed by atoms with Crippen molar-refractivity contribution >= 4 is 23.0 Å². The molecule has 0 unspecified atom stereocenters. The summed E-state index contributed by atoms with van der Waals surface area (Å²) in [6.07, 6.45) is -2.40. The molecule has 0 spiro atoms. The van der Waals surface area contributed by atoms with Crippen molar-refractivity contribution in [3.63, 3.8) is 0 Å². The fourth-order valence-corrected chi connectivity index (χ4v) is 3.29. The third kappa shape index (κ3) is 5.92. The average Bonchev–Trinajstić information content (AvgIpc) is 2.89. The van der Waals surface area contributed by atoms with Crippen molar-refractivity contribution in [2.45, 2.75) is 6.18 Å². The van der Waals surface area contributed by atoms with E-state index in [-0.39, 0.29) is 16.9 Å². The molecular weight excluding hydrogens is 493 g/mol. The molecule has 1 heterocycles. The van der Waals surface area contributed by atoms with E-state index in [0.29, 0.717) is 17.1 Å². The zero-order chi connectivity index (χ0) is 26.6. The summed E-state index contributed by atoms with van der Waals surface area (Å²) in [4.78, 5) is 25.1. The molecule has 0 radical (unpaired) electrons. The lowest BCUT2D eigenvalue weighted by Gasteiger charge is -2.13. The van der Waals surface area contributed by atoms with E-state index in [1.54, 1.807) is 24.3 Å². The minimum atomic E-state index is -5.04. The van der Waals surface area contributed by atoms with Crippen LogP contribution in [0.1, 0.15) is 11.3 Å². The Morgan fingerprint density at radius 3 is 2.00 bits per heavy atom. The van der Waals surface area contributed by atoms with Crippen LogP contribution in [-0.4, -0.2) is 20.2 Å². The number of alkyl halides is 3. The third-order valence-electron chi connectivity index (χ3n) is 5.11. The number of halogens is 3. The van der Waals surface area contributed by atoms with Gasteiger partial charge in [-0.15, -0.1) is 0 Å². The van der Waals surface area contributed by atoms with E-state index in [0.717, 1.165) is 12.1 Å². The Balaban J connectivity index is 1.62. The van der Waals surface area contributed by atoms with E-state index in [1.807, 2.05) is 0 Å². The summed E-state index contributed by atoms with van der Waals surface area (Å²) < 4.78 is 66.8.